The molecular formula is C9H9N3O2. The first kappa shape index (κ1) is 8.68. The average molecular weight is 191 g/mol. The number of hydrogen-bond acceptors (Lipinski definition) is 4. The van der Waals surface area contributed by atoms with E-state index in [4.69, 9.17) is 4.74 Å². The van der Waals surface area contributed by atoms with Gasteiger partial charge in [-0.3, -0.25) is 4.98 Å². The number of esters is 1. The van der Waals surface area contributed by atoms with E-state index in [1.165, 1.54) is 0 Å². The van der Waals surface area contributed by atoms with E-state index < -0.39 is 5.97 Å². The highest BCUT2D eigenvalue weighted by atomic mass is 16.5. The summed E-state index contributed by atoms with van der Waals surface area (Å²) >= 11 is 0. The summed E-state index contributed by atoms with van der Waals surface area (Å²) in [5.41, 5.74) is 1.44. The van der Waals surface area contributed by atoms with Crippen LogP contribution in [0.3, 0.4) is 0 Å². The van der Waals surface area contributed by atoms with Gasteiger partial charge in [0.25, 0.3) is 0 Å². The van der Waals surface area contributed by atoms with Crippen molar-refractivity contribution in [2.24, 2.45) is 0 Å². The van der Waals surface area contributed by atoms with Crippen LogP contribution in [-0.4, -0.2) is 27.5 Å². The minimum absolute atomic E-state index is 0.217. The van der Waals surface area contributed by atoms with Gasteiger partial charge in [-0.25, -0.2) is 9.78 Å². The fraction of sp³-hybridized carbons (Fsp3) is 0.222. The zero-order valence-electron chi connectivity index (χ0n) is 7.65. The summed E-state index contributed by atoms with van der Waals surface area (Å²) in [6.07, 6.45) is 3.23. The summed E-state index contributed by atoms with van der Waals surface area (Å²) in [7, 11) is 0. The zero-order valence-corrected chi connectivity index (χ0v) is 7.65. The maximum absolute atomic E-state index is 11.3. The fourth-order valence-corrected chi connectivity index (χ4v) is 1.15. The smallest absolute Gasteiger partial charge is 0.374 e. The fourth-order valence-electron chi connectivity index (χ4n) is 1.15. The number of nitrogens with one attached hydrogen (secondary N) is 1. The van der Waals surface area contributed by atoms with Crippen molar-refractivity contribution in [2.75, 3.05) is 6.61 Å². The van der Waals surface area contributed by atoms with Gasteiger partial charge >= 0.3 is 5.97 Å². The number of pyridine rings is 1. The Labute approximate surface area is 80.1 Å². The Morgan fingerprint density at radius 3 is 3.21 bits per heavy atom. The number of carbonyl (C=O) groups is 1. The highest BCUT2D eigenvalue weighted by Crippen LogP contribution is 2.09. The minimum Gasteiger partial charge on any atom is -0.460 e. The van der Waals surface area contributed by atoms with Crippen LogP contribution in [0.1, 0.15) is 17.5 Å². The van der Waals surface area contributed by atoms with E-state index in [-0.39, 0.29) is 5.82 Å². The van der Waals surface area contributed by atoms with Crippen molar-refractivity contribution in [2.45, 2.75) is 6.92 Å². The first-order valence-electron chi connectivity index (χ1n) is 4.28. The van der Waals surface area contributed by atoms with Gasteiger partial charge in [0.2, 0.25) is 5.82 Å². The van der Waals surface area contributed by atoms with Gasteiger partial charge in [0.1, 0.15) is 5.52 Å². The molecular weight excluding hydrogens is 182 g/mol. The molecule has 0 spiro atoms. The molecule has 0 fully saturated rings. The molecule has 2 aromatic rings. The van der Waals surface area contributed by atoms with Crippen LogP contribution in [0.25, 0.3) is 11.0 Å². The van der Waals surface area contributed by atoms with Gasteiger partial charge in [0.15, 0.2) is 0 Å². The highest BCUT2D eigenvalue weighted by molar-refractivity contribution is 5.89. The van der Waals surface area contributed by atoms with E-state index in [1.807, 2.05) is 0 Å². The molecule has 2 aromatic heterocycles. The summed E-state index contributed by atoms with van der Waals surface area (Å²) in [5, 5.41) is 0. The second-order valence-electron chi connectivity index (χ2n) is 2.70. The Morgan fingerprint density at radius 2 is 2.50 bits per heavy atom. The maximum atomic E-state index is 11.3. The molecule has 2 rings (SSSR count). The summed E-state index contributed by atoms with van der Waals surface area (Å²) < 4.78 is 4.80. The van der Waals surface area contributed by atoms with Crippen molar-refractivity contribution in [1.82, 2.24) is 15.0 Å². The zero-order chi connectivity index (χ0) is 9.97. The first-order chi connectivity index (χ1) is 6.81. The normalized spacial score (nSPS) is 10.4. The molecule has 14 heavy (non-hydrogen) atoms. The van der Waals surface area contributed by atoms with E-state index in [0.717, 1.165) is 5.52 Å². The SMILES string of the molecule is CCOC(=O)c1nc2cnccc2[nH]1. The van der Waals surface area contributed by atoms with Gasteiger partial charge < -0.3 is 9.72 Å². The Kier molecular flexibility index (Phi) is 2.14. The van der Waals surface area contributed by atoms with Crippen molar-refractivity contribution >= 4 is 17.0 Å². The Morgan fingerprint density at radius 1 is 1.64 bits per heavy atom. The Hall–Kier alpha value is -1.91. The van der Waals surface area contributed by atoms with Gasteiger partial charge in [0, 0.05) is 6.20 Å². The lowest BCUT2D eigenvalue weighted by molar-refractivity contribution is 0.0514. The average Bonchev–Trinajstić information content (AvgIpc) is 2.61. The molecule has 0 aliphatic rings. The van der Waals surface area contributed by atoms with Gasteiger partial charge in [-0.1, -0.05) is 0 Å². The first-order valence-corrected chi connectivity index (χ1v) is 4.28. The predicted molar refractivity (Wildman–Crippen MR) is 49.8 cm³/mol. The van der Waals surface area contributed by atoms with E-state index in [0.29, 0.717) is 12.1 Å². The largest absolute Gasteiger partial charge is 0.460 e. The molecule has 0 atom stereocenters. The van der Waals surface area contributed by atoms with E-state index in [1.54, 1.807) is 25.4 Å². The van der Waals surface area contributed by atoms with Crippen LogP contribution in [0.5, 0.6) is 0 Å². The van der Waals surface area contributed by atoms with E-state index >= 15 is 0 Å². The van der Waals surface area contributed by atoms with Crippen LogP contribution in [-0.2, 0) is 4.74 Å². The summed E-state index contributed by atoms with van der Waals surface area (Å²) in [5.74, 6) is -0.224. The molecule has 5 heteroatoms. The molecule has 2 heterocycles. The quantitative estimate of drug-likeness (QED) is 0.722. The Bertz CT molecular complexity index is 431. The van der Waals surface area contributed by atoms with Crippen LogP contribution < -0.4 is 0 Å². The number of hydrogen-bond donors (Lipinski definition) is 1. The molecule has 0 saturated heterocycles. The number of imidazole rings is 1. The van der Waals surface area contributed by atoms with Crippen molar-refractivity contribution in [3.05, 3.63) is 24.3 Å². The standard InChI is InChI=1S/C9H9N3O2/c1-2-14-9(13)8-11-6-3-4-10-5-7(6)12-8/h3-5H,2H2,1H3,(H,11,12). The highest BCUT2D eigenvalue weighted by Gasteiger charge is 2.11. The van der Waals surface area contributed by atoms with Crippen molar-refractivity contribution < 1.29 is 9.53 Å². The van der Waals surface area contributed by atoms with Crippen molar-refractivity contribution in [1.29, 1.82) is 0 Å². The second kappa shape index (κ2) is 3.45. The van der Waals surface area contributed by atoms with Crippen LogP contribution in [0, 0.1) is 0 Å². The molecule has 0 bridgehead atoms. The van der Waals surface area contributed by atoms with Gasteiger partial charge in [-0.15, -0.1) is 0 Å². The third-order valence-corrected chi connectivity index (χ3v) is 1.75. The molecule has 72 valence electrons. The molecule has 0 radical (unpaired) electrons. The second-order valence-corrected chi connectivity index (χ2v) is 2.70. The number of aromatic amines is 1. The monoisotopic (exact) mass is 191 g/mol. The van der Waals surface area contributed by atoms with E-state index in [2.05, 4.69) is 15.0 Å². The number of H-pyrrole nitrogens is 1. The van der Waals surface area contributed by atoms with E-state index in [9.17, 15) is 4.79 Å². The lowest BCUT2D eigenvalue weighted by atomic mass is 10.4. The molecule has 0 aliphatic heterocycles. The summed E-state index contributed by atoms with van der Waals surface area (Å²) in [6.45, 7) is 2.09. The van der Waals surface area contributed by atoms with Crippen LogP contribution >= 0.6 is 0 Å². The lowest BCUT2D eigenvalue weighted by Gasteiger charge is -1.95. The van der Waals surface area contributed by atoms with Crippen molar-refractivity contribution in [3.8, 4) is 0 Å². The molecule has 0 unspecified atom stereocenters. The molecule has 1 N–H and O–H groups in total. The predicted octanol–water partition coefficient (Wildman–Crippen LogP) is 1.13. The number of rotatable bonds is 2. The topological polar surface area (TPSA) is 67.9 Å². The number of carbonyl (C=O) groups excluding carboxylic acids is 1. The molecule has 0 amide bonds. The summed E-state index contributed by atoms with van der Waals surface area (Å²) in [6, 6.07) is 1.76. The number of fused-ring (bicyclic) bond motifs is 1. The van der Waals surface area contributed by atoms with Gasteiger partial charge in [-0.2, -0.15) is 0 Å². The molecule has 5 nitrogen and oxygen atoms in total. The van der Waals surface area contributed by atoms with Crippen LogP contribution in [0.15, 0.2) is 18.5 Å². The number of aromatic nitrogens is 3. The Balaban J connectivity index is 2.40. The van der Waals surface area contributed by atoms with Gasteiger partial charge in [-0.05, 0) is 13.0 Å². The minimum atomic E-state index is -0.441. The van der Waals surface area contributed by atoms with Crippen LogP contribution in [0.2, 0.25) is 0 Å². The summed E-state index contributed by atoms with van der Waals surface area (Å²) in [4.78, 5) is 22.1. The molecule has 0 aromatic carbocycles. The third-order valence-electron chi connectivity index (χ3n) is 1.75. The molecule has 0 aliphatic carbocycles. The lowest BCUT2D eigenvalue weighted by Crippen LogP contribution is -2.06. The maximum Gasteiger partial charge on any atom is 0.374 e. The van der Waals surface area contributed by atoms with Gasteiger partial charge in [0.05, 0.1) is 18.3 Å². The molecule has 0 saturated carbocycles. The number of nitrogens with zero attached hydrogens (tertiary/aromatic N) is 2. The number of ether oxygens (including phenoxy) is 1. The van der Waals surface area contributed by atoms with Crippen molar-refractivity contribution in [3.63, 3.8) is 0 Å². The van der Waals surface area contributed by atoms with Crippen LogP contribution in [0.4, 0.5) is 0 Å². The third kappa shape index (κ3) is 1.44.